The Bertz CT molecular complexity index is 1510. The van der Waals surface area contributed by atoms with Crippen molar-refractivity contribution in [2.75, 3.05) is 13.1 Å². The van der Waals surface area contributed by atoms with E-state index in [0.717, 1.165) is 65.8 Å². The Morgan fingerprint density at radius 2 is 1.80 bits per heavy atom. The SMILES string of the molecule is Cc1ccccc1Cc1nc2cccnc2n1C1CCN(C(=O)Cc2c[nH]c3ccccc23)CC1. The van der Waals surface area contributed by atoms with Gasteiger partial charge in [-0.05, 0) is 54.7 Å². The zero-order valence-electron chi connectivity index (χ0n) is 19.9. The van der Waals surface area contributed by atoms with Crippen LogP contribution in [-0.4, -0.2) is 43.4 Å². The van der Waals surface area contributed by atoms with Crippen LogP contribution >= 0.6 is 0 Å². The van der Waals surface area contributed by atoms with Gasteiger partial charge >= 0.3 is 0 Å². The highest BCUT2D eigenvalue weighted by atomic mass is 16.2. The number of benzene rings is 2. The number of piperidine rings is 1. The standard InChI is InChI=1S/C29H29N5O/c1-20-7-2-3-8-21(20)17-27-32-26-11-6-14-30-29(26)34(27)23-12-15-33(16-13-23)28(35)18-22-19-31-25-10-5-4-9-24(22)25/h2-11,14,19,23,31H,12-13,15-18H2,1H3. The Kier molecular flexibility index (Phi) is 5.57. The number of nitrogens with zero attached hydrogens (tertiary/aromatic N) is 4. The Labute approximate surface area is 204 Å². The third-order valence-electron chi connectivity index (χ3n) is 7.33. The van der Waals surface area contributed by atoms with Gasteiger partial charge in [0.05, 0.1) is 6.42 Å². The number of para-hydroxylation sites is 1. The number of aromatic amines is 1. The van der Waals surface area contributed by atoms with Crippen LogP contribution in [0.2, 0.25) is 0 Å². The Balaban J connectivity index is 1.21. The normalized spacial score (nSPS) is 14.7. The van der Waals surface area contributed by atoms with Gasteiger partial charge in [-0.1, -0.05) is 42.5 Å². The summed E-state index contributed by atoms with van der Waals surface area (Å²) in [5, 5.41) is 1.13. The number of hydrogen-bond acceptors (Lipinski definition) is 3. The van der Waals surface area contributed by atoms with Gasteiger partial charge in [-0.2, -0.15) is 0 Å². The minimum atomic E-state index is 0.196. The molecule has 3 aromatic heterocycles. The van der Waals surface area contributed by atoms with Crippen LogP contribution in [0, 0.1) is 6.92 Å². The molecule has 0 atom stereocenters. The second kappa shape index (κ2) is 9.02. The molecule has 0 spiro atoms. The number of imidazole rings is 1. The fraction of sp³-hybridized carbons (Fsp3) is 0.276. The molecule has 6 nitrogen and oxygen atoms in total. The molecule has 0 bridgehead atoms. The molecule has 35 heavy (non-hydrogen) atoms. The summed E-state index contributed by atoms with van der Waals surface area (Å²) >= 11 is 0. The molecule has 4 heterocycles. The van der Waals surface area contributed by atoms with Gasteiger partial charge in [0.25, 0.3) is 0 Å². The number of hydrogen-bond donors (Lipinski definition) is 1. The molecular weight excluding hydrogens is 434 g/mol. The molecule has 0 saturated carbocycles. The van der Waals surface area contributed by atoms with E-state index in [-0.39, 0.29) is 11.9 Å². The second-order valence-corrected chi connectivity index (χ2v) is 9.50. The van der Waals surface area contributed by atoms with Crippen LogP contribution in [0.4, 0.5) is 0 Å². The van der Waals surface area contributed by atoms with E-state index < -0.39 is 0 Å². The molecule has 5 aromatic rings. The fourth-order valence-corrected chi connectivity index (χ4v) is 5.39. The van der Waals surface area contributed by atoms with E-state index in [9.17, 15) is 4.79 Å². The largest absolute Gasteiger partial charge is 0.361 e. The van der Waals surface area contributed by atoms with E-state index in [4.69, 9.17) is 9.97 Å². The number of fused-ring (bicyclic) bond motifs is 2. The van der Waals surface area contributed by atoms with Crippen molar-refractivity contribution in [3.63, 3.8) is 0 Å². The van der Waals surface area contributed by atoms with Crippen LogP contribution in [0.5, 0.6) is 0 Å². The number of nitrogens with one attached hydrogen (secondary N) is 1. The predicted molar refractivity (Wildman–Crippen MR) is 138 cm³/mol. The summed E-state index contributed by atoms with van der Waals surface area (Å²) in [5.74, 6) is 1.25. The molecule has 2 aromatic carbocycles. The maximum Gasteiger partial charge on any atom is 0.227 e. The lowest BCUT2D eigenvalue weighted by molar-refractivity contribution is -0.131. The van der Waals surface area contributed by atoms with Crippen molar-refractivity contribution >= 4 is 28.0 Å². The van der Waals surface area contributed by atoms with Crippen molar-refractivity contribution in [3.8, 4) is 0 Å². The molecule has 1 N–H and O–H groups in total. The van der Waals surface area contributed by atoms with E-state index >= 15 is 0 Å². The van der Waals surface area contributed by atoms with Crippen LogP contribution < -0.4 is 0 Å². The molecule has 1 aliphatic rings. The summed E-state index contributed by atoms with van der Waals surface area (Å²) in [6.45, 7) is 3.66. The fourth-order valence-electron chi connectivity index (χ4n) is 5.39. The number of carbonyl (C=O) groups is 1. The number of H-pyrrole nitrogens is 1. The molecule has 1 amide bonds. The molecule has 0 radical (unpaired) electrons. The highest BCUT2D eigenvalue weighted by Gasteiger charge is 2.27. The van der Waals surface area contributed by atoms with Gasteiger partial charge in [-0.15, -0.1) is 0 Å². The third-order valence-corrected chi connectivity index (χ3v) is 7.33. The monoisotopic (exact) mass is 463 g/mol. The maximum atomic E-state index is 13.1. The summed E-state index contributed by atoms with van der Waals surface area (Å²) in [7, 11) is 0. The van der Waals surface area contributed by atoms with E-state index in [0.29, 0.717) is 6.42 Å². The molecule has 1 aliphatic heterocycles. The summed E-state index contributed by atoms with van der Waals surface area (Å²) in [5.41, 5.74) is 6.59. The number of carbonyl (C=O) groups excluding carboxylic acids is 1. The van der Waals surface area contributed by atoms with Crippen LogP contribution in [-0.2, 0) is 17.6 Å². The number of aryl methyl sites for hydroxylation is 1. The summed E-state index contributed by atoms with van der Waals surface area (Å²) in [4.78, 5) is 28.1. The van der Waals surface area contributed by atoms with Crippen LogP contribution in [0.1, 0.15) is 41.4 Å². The van der Waals surface area contributed by atoms with E-state index in [1.165, 1.54) is 11.1 Å². The first-order chi connectivity index (χ1) is 17.2. The van der Waals surface area contributed by atoms with Gasteiger partial charge in [0.15, 0.2) is 5.65 Å². The lowest BCUT2D eigenvalue weighted by Gasteiger charge is -2.33. The quantitative estimate of drug-likeness (QED) is 0.389. The van der Waals surface area contributed by atoms with E-state index in [1.807, 2.05) is 47.6 Å². The van der Waals surface area contributed by atoms with Crippen molar-refractivity contribution in [1.82, 2.24) is 24.4 Å². The molecule has 1 saturated heterocycles. The van der Waals surface area contributed by atoms with Gasteiger partial charge in [0.2, 0.25) is 5.91 Å². The number of likely N-dealkylation sites (tertiary alicyclic amines) is 1. The Hall–Kier alpha value is -3.93. The summed E-state index contributed by atoms with van der Waals surface area (Å²) < 4.78 is 2.34. The van der Waals surface area contributed by atoms with Gasteiger partial charge in [0.1, 0.15) is 11.3 Å². The zero-order chi connectivity index (χ0) is 23.8. The molecule has 176 valence electrons. The molecule has 0 aliphatic carbocycles. The molecule has 6 rings (SSSR count). The van der Waals surface area contributed by atoms with Crippen LogP contribution in [0.3, 0.4) is 0 Å². The highest BCUT2D eigenvalue weighted by molar-refractivity contribution is 5.89. The van der Waals surface area contributed by atoms with Crippen molar-refractivity contribution < 1.29 is 4.79 Å². The van der Waals surface area contributed by atoms with E-state index in [2.05, 4.69) is 46.8 Å². The molecule has 1 fully saturated rings. The first-order valence-corrected chi connectivity index (χ1v) is 12.4. The highest BCUT2D eigenvalue weighted by Crippen LogP contribution is 2.30. The van der Waals surface area contributed by atoms with Crippen molar-refractivity contribution in [3.05, 3.63) is 95.6 Å². The number of rotatable bonds is 5. The predicted octanol–water partition coefficient (Wildman–Crippen LogP) is 5.22. The Morgan fingerprint density at radius 3 is 2.66 bits per heavy atom. The van der Waals surface area contributed by atoms with Crippen molar-refractivity contribution in [1.29, 1.82) is 0 Å². The van der Waals surface area contributed by atoms with E-state index in [1.54, 1.807) is 0 Å². The number of pyridine rings is 1. The minimum Gasteiger partial charge on any atom is -0.361 e. The van der Waals surface area contributed by atoms with Gasteiger partial charge < -0.3 is 14.5 Å². The molecular formula is C29H29N5O. The number of amides is 1. The van der Waals surface area contributed by atoms with Gasteiger partial charge in [0, 0.05) is 48.8 Å². The van der Waals surface area contributed by atoms with Crippen molar-refractivity contribution in [2.24, 2.45) is 0 Å². The maximum absolute atomic E-state index is 13.1. The summed E-state index contributed by atoms with van der Waals surface area (Å²) in [6, 6.07) is 20.9. The average molecular weight is 464 g/mol. The number of aromatic nitrogens is 4. The lowest BCUT2D eigenvalue weighted by atomic mass is 10.0. The average Bonchev–Trinajstić information content (AvgIpc) is 3.46. The smallest absolute Gasteiger partial charge is 0.227 e. The third kappa shape index (κ3) is 4.09. The molecule has 6 heteroatoms. The second-order valence-electron chi connectivity index (χ2n) is 9.50. The first kappa shape index (κ1) is 21.6. The first-order valence-electron chi connectivity index (χ1n) is 12.4. The lowest BCUT2D eigenvalue weighted by Crippen LogP contribution is -2.40. The van der Waals surface area contributed by atoms with Gasteiger partial charge in [-0.25, -0.2) is 9.97 Å². The van der Waals surface area contributed by atoms with Crippen LogP contribution in [0.15, 0.2) is 73.1 Å². The molecule has 0 unspecified atom stereocenters. The zero-order valence-corrected chi connectivity index (χ0v) is 19.9. The van der Waals surface area contributed by atoms with Crippen LogP contribution in [0.25, 0.3) is 22.1 Å². The Morgan fingerprint density at radius 1 is 1.00 bits per heavy atom. The summed E-state index contributed by atoms with van der Waals surface area (Å²) in [6.07, 6.45) is 6.84. The van der Waals surface area contributed by atoms with Gasteiger partial charge in [-0.3, -0.25) is 4.79 Å². The topological polar surface area (TPSA) is 66.8 Å². The van der Waals surface area contributed by atoms with Crippen molar-refractivity contribution in [2.45, 2.75) is 38.6 Å². The minimum absolute atomic E-state index is 0.196.